The van der Waals surface area contributed by atoms with Gasteiger partial charge in [0.2, 0.25) is 0 Å². The van der Waals surface area contributed by atoms with E-state index in [-0.39, 0.29) is 24.3 Å². The van der Waals surface area contributed by atoms with E-state index in [4.69, 9.17) is 4.74 Å². The Bertz CT molecular complexity index is 1280. The Kier molecular flexibility index (Phi) is 7.73. The Morgan fingerprint density at radius 3 is 2.47 bits per heavy atom. The molecule has 0 bridgehead atoms. The highest BCUT2D eigenvalue weighted by molar-refractivity contribution is 5.73. The van der Waals surface area contributed by atoms with Crippen LogP contribution in [0.25, 0.3) is 11.1 Å². The van der Waals surface area contributed by atoms with E-state index in [9.17, 15) is 28.3 Å². The largest absolute Gasteiger partial charge is 0.573 e. The molecule has 0 saturated heterocycles. The van der Waals surface area contributed by atoms with Crippen molar-refractivity contribution in [3.63, 3.8) is 0 Å². The molecule has 10 heteroatoms. The number of nitrogens with zero attached hydrogens (tertiary/aromatic N) is 2. The molecule has 0 amide bonds. The number of carboxylic acids is 1. The van der Waals surface area contributed by atoms with Gasteiger partial charge in [0.25, 0.3) is 0 Å². The van der Waals surface area contributed by atoms with Crippen molar-refractivity contribution in [1.29, 1.82) is 5.26 Å². The van der Waals surface area contributed by atoms with Gasteiger partial charge in [0.05, 0.1) is 19.1 Å². The molecular formula is C26H24F3N3O4. The van der Waals surface area contributed by atoms with Crippen molar-refractivity contribution < 1.29 is 32.5 Å². The molecule has 0 aliphatic rings. The molecular weight excluding hydrogens is 475 g/mol. The normalized spacial score (nSPS) is 11.5. The highest BCUT2D eigenvalue weighted by Crippen LogP contribution is 2.39. The summed E-state index contributed by atoms with van der Waals surface area (Å²) in [5.74, 6) is -0.463. The first kappa shape index (κ1) is 26.3. The predicted molar refractivity (Wildman–Crippen MR) is 127 cm³/mol. The molecule has 7 nitrogen and oxygen atoms in total. The van der Waals surface area contributed by atoms with Crippen molar-refractivity contribution in [3.05, 3.63) is 71.4 Å². The molecule has 0 aliphatic carbocycles. The molecule has 0 saturated carbocycles. The van der Waals surface area contributed by atoms with Crippen molar-refractivity contribution >= 4 is 11.8 Å². The molecule has 2 N–H and O–H groups in total. The molecule has 188 valence electrons. The molecule has 1 aromatic heterocycles. The number of halogens is 3. The van der Waals surface area contributed by atoms with Crippen LogP contribution in [-0.4, -0.2) is 29.5 Å². The van der Waals surface area contributed by atoms with Crippen molar-refractivity contribution in [2.45, 2.75) is 38.6 Å². The molecule has 1 heterocycles. The lowest BCUT2D eigenvalue weighted by molar-refractivity contribution is -0.274. The number of carboxylic acid groups (broad SMARTS) is 1. The van der Waals surface area contributed by atoms with E-state index in [0.29, 0.717) is 33.8 Å². The first-order valence-corrected chi connectivity index (χ1v) is 10.8. The Labute approximate surface area is 206 Å². The summed E-state index contributed by atoms with van der Waals surface area (Å²) in [5.41, 5.74) is 1.97. The maximum atomic E-state index is 12.4. The van der Waals surface area contributed by atoms with Crippen LogP contribution in [0.15, 0.2) is 54.7 Å². The third-order valence-corrected chi connectivity index (χ3v) is 5.44. The minimum atomic E-state index is -4.76. The lowest BCUT2D eigenvalue weighted by Crippen LogP contribution is -2.23. The topological polar surface area (TPSA) is 104 Å². The van der Waals surface area contributed by atoms with E-state index in [1.54, 1.807) is 50.4 Å². The fourth-order valence-corrected chi connectivity index (χ4v) is 3.79. The zero-order chi connectivity index (χ0) is 26.5. The van der Waals surface area contributed by atoms with Crippen molar-refractivity contribution in [1.82, 2.24) is 4.98 Å². The smallest absolute Gasteiger partial charge is 0.495 e. The van der Waals surface area contributed by atoms with Gasteiger partial charge in [-0.15, -0.1) is 13.2 Å². The van der Waals surface area contributed by atoms with Gasteiger partial charge in [-0.2, -0.15) is 5.26 Å². The van der Waals surface area contributed by atoms with Crippen LogP contribution in [0.3, 0.4) is 0 Å². The molecule has 3 aromatic rings. The van der Waals surface area contributed by atoms with Gasteiger partial charge in [-0.3, -0.25) is 4.79 Å². The summed E-state index contributed by atoms with van der Waals surface area (Å²) >= 11 is 0. The van der Waals surface area contributed by atoms with Crippen molar-refractivity contribution in [2.75, 3.05) is 12.4 Å². The number of ether oxygens (including phenoxy) is 2. The summed E-state index contributed by atoms with van der Waals surface area (Å²) in [7, 11) is 1.43. The number of hydrogen-bond acceptors (Lipinski definition) is 6. The third kappa shape index (κ3) is 6.66. The minimum Gasteiger partial charge on any atom is -0.495 e. The Morgan fingerprint density at radius 1 is 1.14 bits per heavy atom. The fraction of sp³-hybridized carbons (Fsp3) is 0.269. The number of alkyl halides is 3. The second-order valence-electron chi connectivity index (χ2n) is 8.65. The Hall–Kier alpha value is -4.26. The van der Waals surface area contributed by atoms with Gasteiger partial charge in [-0.1, -0.05) is 26.0 Å². The van der Waals surface area contributed by atoms with Crippen LogP contribution >= 0.6 is 0 Å². The van der Waals surface area contributed by atoms with Gasteiger partial charge in [0.15, 0.2) is 0 Å². The van der Waals surface area contributed by atoms with E-state index in [1.165, 1.54) is 25.3 Å². The second-order valence-corrected chi connectivity index (χ2v) is 8.65. The summed E-state index contributed by atoms with van der Waals surface area (Å²) in [5, 5.41) is 22.0. The van der Waals surface area contributed by atoms with E-state index < -0.39 is 17.7 Å². The Morgan fingerprint density at radius 2 is 1.89 bits per heavy atom. The second kappa shape index (κ2) is 10.6. The van der Waals surface area contributed by atoms with Gasteiger partial charge in [-0.05, 0) is 47.5 Å². The number of anilines is 1. The first-order valence-electron chi connectivity index (χ1n) is 10.8. The quantitative estimate of drug-likeness (QED) is 0.378. The molecule has 0 spiro atoms. The van der Waals surface area contributed by atoms with Crippen molar-refractivity contribution in [3.8, 4) is 28.7 Å². The van der Waals surface area contributed by atoms with Gasteiger partial charge in [0, 0.05) is 29.3 Å². The van der Waals surface area contributed by atoms with Crippen LogP contribution in [0, 0.1) is 11.3 Å². The van der Waals surface area contributed by atoms with Gasteiger partial charge in [-0.25, -0.2) is 4.98 Å². The van der Waals surface area contributed by atoms with Crippen LogP contribution in [0.1, 0.15) is 37.0 Å². The lowest BCUT2D eigenvalue weighted by atomic mass is 9.79. The summed E-state index contributed by atoms with van der Waals surface area (Å²) in [4.78, 5) is 15.8. The fourth-order valence-electron chi connectivity index (χ4n) is 3.79. The number of rotatable bonds is 9. The molecule has 3 rings (SSSR count). The van der Waals surface area contributed by atoms with Crippen molar-refractivity contribution in [2.24, 2.45) is 0 Å². The number of aliphatic carboxylic acids is 1. The number of carbonyl (C=O) groups is 1. The van der Waals surface area contributed by atoms with Crippen LogP contribution in [0.4, 0.5) is 19.0 Å². The number of hydrogen-bond donors (Lipinski definition) is 2. The van der Waals surface area contributed by atoms with E-state index in [1.807, 2.05) is 0 Å². The number of pyridine rings is 1. The standard InChI is InChI=1S/C26H24F3N3O4/c1-25(2,12-23(33)34)21-11-18(10-19(13-30)24(21)35-3)17-7-8-22(32-15-17)31-14-16-5-4-6-20(9-16)36-26(27,28)29/h4-11,15H,12,14H2,1-3H3,(H,31,32)(H,33,34). The molecule has 2 aromatic carbocycles. The molecule has 0 radical (unpaired) electrons. The number of nitriles is 1. The number of aromatic nitrogens is 1. The number of benzene rings is 2. The van der Waals surface area contributed by atoms with Gasteiger partial charge in [0.1, 0.15) is 23.4 Å². The zero-order valence-electron chi connectivity index (χ0n) is 19.8. The first-order chi connectivity index (χ1) is 16.9. The predicted octanol–water partition coefficient (Wildman–Crippen LogP) is 5.89. The maximum absolute atomic E-state index is 12.4. The summed E-state index contributed by atoms with van der Waals surface area (Å²) in [6, 6.07) is 14.7. The highest BCUT2D eigenvalue weighted by Gasteiger charge is 2.31. The Balaban J connectivity index is 1.83. The number of nitrogens with one attached hydrogen (secondary N) is 1. The van der Waals surface area contributed by atoms with Crippen LogP contribution in [-0.2, 0) is 16.8 Å². The zero-order valence-corrected chi connectivity index (χ0v) is 19.8. The van der Waals surface area contributed by atoms with Crippen LogP contribution < -0.4 is 14.8 Å². The molecule has 0 unspecified atom stereocenters. The minimum absolute atomic E-state index is 0.159. The summed E-state index contributed by atoms with van der Waals surface area (Å²) < 4.78 is 46.7. The average Bonchev–Trinajstić information content (AvgIpc) is 2.80. The van der Waals surface area contributed by atoms with Gasteiger partial charge < -0.3 is 19.9 Å². The average molecular weight is 499 g/mol. The summed E-state index contributed by atoms with van der Waals surface area (Å²) in [6.07, 6.45) is -3.34. The van der Waals surface area contributed by atoms with E-state index >= 15 is 0 Å². The van der Waals surface area contributed by atoms with E-state index in [2.05, 4.69) is 21.1 Å². The van der Waals surface area contributed by atoms with Crippen LogP contribution in [0.5, 0.6) is 11.5 Å². The highest BCUT2D eigenvalue weighted by atomic mass is 19.4. The molecule has 0 aliphatic heterocycles. The van der Waals surface area contributed by atoms with Gasteiger partial charge >= 0.3 is 12.3 Å². The molecule has 0 fully saturated rings. The maximum Gasteiger partial charge on any atom is 0.573 e. The third-order valence-electron chi connectivity index (χ3n) is 5.44. The molecule has 36 heavy (non-hydrogen) atoms. The molecule has 0 atom stereocenters. The lowest BCUT2D eigenvalue weighted by Gasteiger charge is -2.26. The van der Waals surface area contributed by atoms with Crippen LogP contribution in [0.2, 0.25) is 0 Å². The monoisotopic (exact) mass is 499 g/mol. The summed E-state index contributed by atoms with van der Waals surface area (Å²) in [6.45, 7) is 3.75. The number of methoxy groups -OCH3 is 1. The van der Waals surface area contributed by atoms with E-state index in [0.717, 1.165) is 0 Å². The SMILES string of the molecule is COc1c(C#N)cc(-c2ccc(NCc3cccc(OC(F)(F)F)c3)nc2)cc1C(C)(C)CC(=O)O.